The van der Waals surface area contributed by atoms with E-state index in [0.29, 0.717) is 13.1 Å². The minimum atomic E-state index is -0.483. The van der Waals surface area contributed by atoms with Gasteiger partial charge in [0.05, 0.1) is 18.3 Å². The molecule has 7 nitrogen and oxygen atoms in total. The Morgan fingerprint density at radius 2 is 2.16 bits per heavy atom. The van der Waals surface area contributed by atoms with Gasteiger partial charge < -0.3 is 20.6 Å². The van der Waals surface area contributed by atoms with Crippen molar-refractivity contribution in [3.05, 3.63) is 24.0 Å². The van der Waals surface area contributed by atoms with E-state index >= 15 is 0 Å². The second-order valence-electron chi connectivity index (χ2n) is 4.21. The SMILES string of the molecule is O=C(NCC(=O)N1CCNCC1)c1ccncc1O. The number of nitrogens with one attached hydrogen (secondary N) is 2. The molecule has 1 aliphatic heterocycles. The lowest BCUT2D eigenvalue weighted by atomic mass is 10.2. The standard InChI is InChI=1S/C12H16N4O3/c17-10-7-14-2-1-9(10)12(19)15-8-11(18)16-5-3-13-4-6-16/h1-2,7,13,17H,3-6,8H2,(H,15,19). The molecule has 2 amide bonds. The van der Waals surface area contributed by atoms with Crippen molar-refractivity contribution in [2.75, 3.05) is 32.7 Å². The Labute approximate surface area is 110 Å². The Balaban J connectivity index is 1.86. The Hall–Kier alpha value is -2.15. The van der Waals surface area contributed by atoms with Crippen molar-refractivity contribution in [1.82, 2.24) is 20.5 Å². The van der Waals surface area contributed by atoms with Gasteiger partial charge in [-0.1, -0.05) is 0 Å². The van der Waals surface area contributed by atoms with Crippen molar-refractivity contribution in [2.24, 2.45) is 0 Å². The second kappa shape index (κ2) is 6.14. The number of aromatic nitrogens is 1. The van der Waals surface area contributed by atoms with E-state index in [-0.39, 0.29) is 23.8 Å². The molecule has 1 aromatic rings. The molecule has 102 valence electrons. The van der Waals surface area contributed by atoms with Gasteiger partial charge >= 0.3 is 0 Å². The Morgan fingerprint density at radius 3 is 2.84 bits per heavy atom. The molecule has 7 heteroatoms. The van der Waals surface area contributed by atoms with Crippen LogP contribution in [0.3, 0.4) is 0 Å². The number of carbonyl (C=O) groups excluding carboxylic acids is 2. The van der Waals surface area contributed by atoms with E-state index in [1.54, 1.807) is 4.90 Å². The van der Waals surface area contributed by atoms with Gasteiger partial charge in [0.25, 0.3) is 5.91 Å². The normalized spacial score (nSPS) is 15.1. The summed E-state index contributed by atoms with van der Waals surface area (Å²) in [6.07, 6.45) is 2.60. The molecule has 2 rings (SSSR count). The molecule has 0 radical (unpaired) electrons. The topological polar surface area (TPSA) is 94.6 Å². The lowest BCUT2D eigenvalue weighted by Crippen LogP contribution is -2.49. The molecular formula is C12H16N4O3. The molecule has 2 heterocycles. The number of amides is 2. The first-order valence-electron chi connectivity index (χ1n) is 6.08. The summed E-state index contributed by atoms with van der Waals surface area (Å²) < 4.78 is 0. The van der Waals surface area contributed by atoms with Crippen molar-refractivity contribution in [3.63, 3.8) is 0 Å². The van der Waals surface area contributed by atoms with Crippen LogP contribution in [0.15, 0.2) is 18.5 Å². The van der Waals surface area contributed by atoms with Crippen LogP contribution in [0.5, 0.6) is 5.75 Å². The summed E-state index contributed by atoms with van der Waals surface area (Å²) in [4.78, 5) is 29.0. The molecule has 19 heavy (non-hydrogen) atoms. The van der Waals surface area contributed by atoms with E-state index in [2.05, 4.69) is 15.6 Å². The molecule has 0 saturated carbocycles. The van der Waals surface area contributed by atoms with Crippen LogP contribution in [-0.4, -0.2) is 59.5 Å². The fourth-order valence-electron chi connectivity index (χ4n) is 1.86. The van der Waals surface area contributed by atoms with Crippen molar-refractivity contribution in [2.45, 2.75) is 0 Å². The zero-order valence-electron chi connectivity index (χ0n) is 10.4. The number of rotatable bonds is 3. The van der Waals surface area contributed by atoms with E-state index < -0.39 is 5.91 Å². The van der Waals surface area contributed by atoms with Gasteiger partial charge in [-0.25, -0.2) is 0 Å². The molecule has 0 aromatic carbocycles. The number of hydrogen-bond acceptors (Lipinski definition) is 5. The smallest absolute Gasteiger partial charge is 0.255 e. The first-order chi connectivity index (χ1) is 9.18. The highest BCUT2D eigenvalue weighted by Crippen LogP contribution is 2.13. The molecule has 0 aliphatic carbocycles. The van der Waals surface area contributed by atoms with Crippen LogP contribution in [0.4, 0.5) is 0 Å². The molecule has 1 saturated heterocycles. The molecule has 0 bridgehead atoms. The van der Waals surface area contributed by atoms with Crippen molar-refractivity contribution in [1.29, 1.82) is 0 Å². The van der Waals surface area contributed by atoms with Crippen LogP contribution in [-0.2, 0) is 4.79 Å². The highest BCUT2D eigenvalue weighted by atomic mass is 16.3. The zero-order chi connectivity index (χ0) is 13.7. The highest BCUT2D eigenvalue weighted by Gasteiger charge is 2.17. The molecule has 1 aromatic heterocycles. The fourth-order valence-corrected chi connectivity index (χ4v) is 1.86. The number of hydrogen-bond donors (Lipinski definition) is 3. The minimum absolute atomic E-state index is 0.0689. The maximum atomic E-state index is 11.8. The summed E-state index contributed by atoms with van der Waals surface area (Å²) in [6.45, 7) is 2.76. The monoisotopic (exact) mass is 264 g/mol. The summed E-state index contributed by atoms with van der Waals surface area (Å²) in [5.74, 6) is -0.804. The van der Waals surface area contributed by atoms with E-state index in [0.717, 1.165) is 13.1 Å². The number of aromatic hydroxyl groups is 1. The van der Waals surface area contributed by atoms with Gasteiger partial charge in [0.2, 0.25) is 5.91 Å². The van der Waals surface area contributed by atoms with Gasteiger partial charge in [-0.3, -0.25) is 14.6 Å². The van der Waals surface area contributed by atoms with Gasteiger partial charge in [-0.05, 0) is 6.07 Å². The van der Waals surface area contributed by atoms with Gasteiger partial charge in [-0.15, -0.1) is 0 Å². The summed E-state index contributed by atoms with van der Waals surface area (Å²) in [7, 11) is 0. The third kappa shape index (κ3) is 3.41. The number of carbonyl (C=O) groups is 2. The number of nitrogens with zero attached hydrogens (tertiary/aromatic N) is 2. The maximum absolute atomic E-state index is 11.8. The number of piperazine rings is 1. The average Bonchev–Trinajstić information content (AvgIpc) is 2.46. The van der Waals surface area contributed by atoms with Crippen LogP contribution >= 0.6 is 0 Å². The van der Waals surface area contributed by atoms with Crippen LogP contribution in [0.2, 0.25) is 0 Å². The van der Waals surface area contributed by atoms with Crippen LogP contribution in [0.1, 0.15) is 10.4 Å². The predicted molar refractivity (Wildman–Crippen MR) is 67.7 cm³/mol. The molecule has 0 spiro atoms. The summed E-state index contributed by atoms with van der Waals surface area (Å²) in [5.41, 5.74) is 0.114. The van der Waals surface area contributed by atoms with Gasteiger partial charge in [0.15, 0.2) is 0 Å². The lowest BCUT2D eigenvalue weighted by molar-refractivity contribution is -0.130. The lowest BCUT2D eigenvalue weighted by Gasteiger charge is -2.27. The molecular weight excluding hydrogens is 248 g/mol. The summed E-state index contributed by atoms with van der Waals surface area (Å²) in [5, 5.41) is 15.1. The minimum Gasteiger partial charge on any atom is -0.505 e. The summed E-state index contributed by atoms with van der Waals surface area (Å²) >= 11 is 0. The van der Waals surface area contributed by atoms with E-state index in [1.165, 1.54) is 18.5 Å². The predicted octanol–water partition coefficient (Wildman–Crippen LogP) is -1.05. The largest absolute Gasteiger partial charge is 0.505 e. The van der Waals surface area contributed by atoms with Crippen LogP contribution < -0.4 is 10.6 Å². The van der Waals surface area contributed by atoms with E-state index in [9.17, 15) is 14.7 Å². The number of pyridine rings is 1. The third-order valence-corrected chi connectivity index (χ3v) is 2.91. The highest BCUT2D eigenvalue weighted by molar-refractivity contribution is 5.98. The maximum Gasteiger partial charge on any atom is 0.255 e. The molecule has 1 fully saturated rings. The third-order valence-electron chi connectivity index (χ3n) is 2.91. The molecule has 3 N–H and O–H groups in total. The molecule has 0 atom stereocenters. The van der Waals surface area contributed by atoms with E-state index in [4.69, 9.17) is 0 Å². The second-order valence-corrected chi connectivity index (χ2v) is 4.21. The zero-order valence-corrected chi connectivity index (χ0v) is 10.4. The Morgan fingerprint density at radius 1 is 1.42 bits per heavy atom. The average molecular weight is 264 g/mol. The van der Waals surface area contributed by atoms with Gasteiger partial charge in [0, 0.05) is 32.4 Å². The fraction of sp³-hybridized carbons (Fsp3) is 0.417. The van der Waals surface area contributed by atoms with Crippen molar-refractivity contribution >= 4 is 11.8 Å². The van der Waals surface area contributed by atoms with Gasteiger partial charge in [0.1, 0.15) is 5.75 Å². The molecule has 0 unspecified atom stereocenters. The Kier molecular flexibility index (Phi) is 4.30. The molecule has 1 aliphatic rings. The van der Waals surface area contributed by atoms with Crippen molar-refractivity contribution < 1.29 is 14.7 Å². The Bertz CT molecular complexity index is 472. The van der Waals surface area contributed by atoms with Gasteiger partial charge in [-0.2, -0.15) is 0 Å². The van der Waals surface area contributed by atoms with E-state index in [1.807, 2.05) is 0 Å². The van der Waals surface area contributed by atoms with Crippen LogP contribution in [0, 0.1) is 0 Å². The summed E-state index contributed by atoms with van der Waals surface area (Å²) in [6, 6.07) is 1.40. The quantitative estimate of drug-likeness (QED) is 0.647. The first kappa shape index (κ1) is 13.3. The first-order valence-corrected chi connectivity index (χ1v) is 6.08. The van der Waals surface area contributed by atoms with Crippen molar-refractivity contribution in [3.8, 4) is 5.75 Å². The van der Waals surface area contributed by atoms with Crippen LogP contribution in [0.25, 0.3) is 0 Å².